The zero-order valence-electron chi connectivity index (χ0n) is 7.48. The van der Waals surface area contributed by atoms with Gasteiger partial charge in [-0.3, -0.25) is 10.1 Å². The highest BCUT2D eigenvalue weighted by molar-refractivity contribution is 5.26. The van der Waals surface area contributed by atoms with Gasteiger partial charge in [0.2, 0.25) is 6.20 Å². The summed E-state index contributed by atoms with van der Waals surface area (Å²) in [6.07, 6.45) is 6.41. The predicted octanol–water partition coefficient (Wildman–Crippen LogP) is 2.21. The molecule has 3 heteroatoms. The number of nitro groups is 1. The molecule has 3 saturated carbocycles. The second kappa shape index (κ2) is 2.34. The van der Waals surface area contributed by atoms with Gasteiger partial charge in [0.1, 0.15) is 0 Å². The fourth-order valence-corrected chi connectivity index (χ4v) is 3.76. The summed E-state index contributed by atoms with van der Waals surface area (Å²) in [5.74, 6) is 2.91. The highest BCUT2D eigenvalue weighted by Crippen LogP contribution is 2.63. The van der Waals surface area contributed by atoms with Gasteiger partial charge < -0.3 is 0 Å². The standard InChI is InChI=1S/C10H13NO2/c12-11(13)5-10-7-2-1-6-3-8(7)9(10)4-6/h5-9H,1-4H2. The van der Waals surface area contributed by atoms with Crippen LogP contribution in [0.2, 0.25) is 0 Å². The van der Waals surface area contributed by atoms with Crippen molar-refractivity contribution in [1.29, 1.82) is 0 Å². The molecule has 0 saturated heterocycles. The molecule has 0 radical (unpaired) electrons. The molecule has 0 amide bonds. The summed E-state index contributed by atoms with van der Waals surface area (Å²) in [7, 11) is 0. The molecule has 4 unspecified atom stereocenters. The lowest BCUT2D eigenvalue weighted by molar-refractivity contribution is -0.405. The molecule has 2 bridgehead atoms. The van der Waals surface area contributed by atoms with E-state index >= 15 is 0 Å². The first-order valence-corrected chi connectivity index (χ1v) is 5.11. The molecular formula is C10H13NO2. The highest BCUT2D eigenvalue weighted by atomic mass is 16.6. The Kier molecular flexibility index (Phi) is 1.35. The number of rotatable bonds is 1. The van der Waals surface area contributed by atoms with Crippen molar-refractivity contribution in [1.82, 2.24) is 0 Å². The van der Waals surface area contributed by atoms with Crippen LogP contribution < -0.4 is 0 Å². The molecule has 0 aromatic rings. The van der Waals surface area contributed by atoms with E-state index in [9.17, 15) is 10.1 Å². The van der Waals surface area contributed by atoms with Crippen LogP contribution in [0.4, 0.5) is 0 Å². The van der Waals surface area contributed by atoms with E-state index in [1.54, 1.807) is 0 Å². The molecule has 0 aromatic carbocycles. The van der Waals surface area contributed by atoms with E-state index in [2.05, 4.69) is 0 Å². The van der Waals surface area contributed by atoms with Crippen molar-refractivity contribution in [3.05, 3.63) is 21.9 Å². The van der Waals surface area contributed by atoms with Gasteiger partial charge in [-0.1, -0.05) is 0 Å². The van der Waals surface area contributed by atoms with Crippen molar-refractivity contribution in [2.75, 3.05) is 0 Å². The average molecular weight is 179 g/mol. The molecule has 3 fully saturated rings. The fraction of sp³-hybridized carbons (Fsp3) is 0.800. The third kappa shape index (κ3) is 0.901. The summed E-state index contributed by atoms with van der Waals surface area (Å²) in [5.41, 5.74) is 1.16. The summed E-state index contributed by atoms with van der Waals surface area (Å²) >= 11 is 0. The Morgan fingerprint density at radius 3 is 2.92 bits per heavy atom. The van der Waals surface area contributed by atoms with E-state index in [0.29, 0.717) is 11.8 Å². The summed E-state index contributed by atoms with van der Waals surface area (Å²) < 4.78 is 0. The van der Waals surface area contributed by atoms with Gasteiger partial charge in [-0.05, 0) is 49.4 Å². The van der Waals surface area contributed by atoms with Gasteiger partial charge in [-0.2, -0.15) is 0 Å². The largest absolute Gasteiger partial charge is 0.259 e. The minimum Gasteiger partial charge on any atom is -0.259 e. The molecule has 13 heavy (non-hydrogen) atoms. The monoisotopic (exact) mass is 179 g/mol. The number of hydrogen-bond donors (Lipinski definition) is 0. The number of allylic oxidation sites excluding steroid dienone is 1. The molecule has 0 N–H and O–H groups in total. The van der Waals surface area contributed by atoms with Crippen molar-refractivity contribution in [2.45, 2.75) is 25.7 Å². The van der Waals surface area contributed by atoms with Crippen molar-refractivity contribution in [3.63, 3.8) is 0 Å². The molecule has 3 aliphatic carbocycles. The Hall–Kier alpha value is -0.860. The molecule has 70 valence electrons. The van der Waals surface area contributed by atoms with Gasteiger partial charge in [-0.25, -0.2) is 0 Å². The van der Waals surface area contributed by atoms with Crippen LogP contribution in [-0.2, 0) is 0 Å². The SMILES string of the molecule is O=[N+]([O-])C=C1C2CCC3CC1C2C3. The first kappa shape index (κ1) is 7.54. The van der Waals surface area contributed by atoms with Crippen LogP contribution in [0.5, 0.6) is 0 Å². The summed E-state index contributed by atoms with van der Waals surface area (Å²) in [6.45, 7) is 0. The van der Waals surface area contributed by atoms with E-state index in [-0.39, 0.29) is 4.92 Å². The Bertz CT molecular complexity index is 289. The van der Waals surface area contributed by atoms with Gasteiger partial charge in [0.25, 0.3) is 0 Å². The van der Waals surface area contributed by atoms with Crippen LogP contribution >= 0.6 is 0 Å². The van der Waals surface area contributed by atoms with Crippen LogP contribution in [0.3, 0.4) is 0 Å². The maximum atomic E-state index is 10.4. The smallest absolute Gasteiger partial charge is 0.234 e. The third-order valence-electron chi connectivity index (χ3n) is 4.22. The first-order chi connectivity index (χ1) is 6.25. The lowest BCUT2D eigenvalue weighted by atomic mass is 9.60. The maximum Gasteiger partial charge on any atom is 0.234 e. The molecule has 0 spiro atoms. The van der Waals surface area contributed by atoms with E-state index in [4.69, 9.17) is 0 Å². The first-order valence-electron chi connectivity index (χ1n) is 5.11. The number of fused-ring (bicyclic) bond motifs is 1. The minimum atomic E-state index is -0.267. The van der Waals surface area contributed by atoms with E-state index < -0.39 is 0 Å². The molecular weight excluding hydrogens is 166 g/mol. The topological polar surface area (TPSA) is 43.1 Å². The van der Waals surface area contributed by atoms with Crippen LogP contribution in [0.25, 0.3) is 0 Å². The van der Waals surface area contributed by atoms with Crippen LogP contribution in [0, 0.1) is 33.8 Å². The second-order valence-electron chi connectivity index (χ2n) is 4.71. The maximum absolute atomic E-state index is 10.4. The predicted molar refractivity (Wildman–Crippen MR) is 47.5 cm³/mol. The van der Waals surface area contributed by atoms with Crippen LogP contribution in [-0.4, -0.2) is 4.92 Å². The Balaban J connectivity index is 1.90. The molecule has 3 rings (SSSR count). The van der Waals surface area contributed by atoms with Gasteiger partial charge in [0, 0.05) is 5.57 Å². The molecule has 3 aliphatic rings. The van der Waals surface area contributed by atoms with Gasteiger partial charge in [0.05, 0.1) is 4.92 Å². The van der Waals surface area contributed by atoms with E-state index in [1.807, 2.05) is 0 Å². The molecule has 0 aromatic heterocycles. The second-order valence-corrected chi connectivity index (χ2v) is 4.71. The van der Waals surface area contributed by atoms with E-state index in [0.717, 1.165) is 17.4 Å². The highest BCUT2D eigenvalue weighted by Gasteiger charge is 2.55. The van der Waals surface area contributed by atoms with Crippen molar-refractivity contribution in [2.24, 2.45) is 23.7 Å². The van der Waals surface area contributed by atoms with Crippen LogP contribution in [0.1, 0.15) is 25.7 Å². The summed E-state index contributed by atoms with van der Waals surface area (Å²) in [5, 5.41) is 10.4. The Morgan fingerprint density at radius 1 is 1.31 bits per heavy atom. The fourth-order valence-electron chi connectivity index (χ4n) is 3.76. The van der Waals surface area contributed by atoms with Crippen molar-refractivity contribution < 1.29 is 4.92 Å². The molecule has 3 nitrogen and oxygen atoms in total. The summed E-state index contributed by atoms with van der Waals surface area (Å²) in [6, 6.07) is 0. The number of hydrogen-bond acceptors (Lipinski definition) is 2. The number of nitrogens with zero attached hydrogens (tertiary/aromatic N) is 1. The van der Waals surface area contributed by atoms with E-state index in [1.165, 1.54) is 31.9 Å². The van der Waals surface area contributed by atoms with Gasteiger partial charge in [-0.15, -0.1) is 0 Å². The van der Waals surface area contributed by atoms with Crippen molar-refractivity contribution >= 4 is 0 Å². The molecule has 0 aliphatic heterocycles. The molecule has 4 atom stereocenters. The average Bonchev–Trinajstić information content (AvgIpc) is 2.26. The van der Waals surface area contributed by atoms with Gasteiger partial charge >= 0.3 is 0 Å². The third-order valence-corrected chi connectivity index (χ3v) is 4.22. The van der Waals surface area contributed by atoms with Crippen LogP contribution in [0.15, 0.2) is 11.8 Å². The lowest BCUT2D eigenvalue weighted by Crippen LogP contribution is -2.37. The Morgan fingerprint density at radius 2 is 2.15 bits per heavy atom. The quantitative estimate of drug-likeness (QED) is 0.457. The zero-order valence-corrected chi connectivity index (χ0v) is 7.48. The lowest BCUT2D eigenvalue weighted by Gasteiger charge is -2.43. The minimum absolute atomic E-state index is 0.267. The normalized spacial score (nSPS) is 49.1. The molecule has 0 heterocycles. The van der Waals surface area contributed by atoms with Crippen molar-refractivity contribution in [3.8, 4) is 0 Å². The Labute approximate surface area is 77.0 Å². The summed E-state index contributed by atoms with van der Waals surface area (Å²) in [4.78, 5) is 10.1. The van der Waals surface area contributed by atoms with Gasteiger partial charge in [0.15, 0.2) is 0 Å². The zero-order chi connectivity index (χ0) is 9.00.